The Balaban J connectivity index is 1.60. The van der Waals surface area contributed by atoms with Crippen LogP contribution >= 0.6 is 0 Å². The molecule has 1 aliphatic heterocycles. The number of rotatable bonds is 4. The average molecular weight is 378 g/mol. The molecule has 4 rings (SSSR count). The lowest BCUT2D eigenvalue weighted by atomic mass is 10.0. The molecular weight excluding hydrogens is 360 g/mol. The van der Waals surface area contributed by atoms with Gasteiger partial charge in [0.15, 0.2) is 6.23 Å². The van der Waals surface area contributed by atoms with Crippen LogP contribution in [0.2, 0.25) is 0 Å². The lowest BCUT2D eigenvalue weighted by Gasteiger charge is -2.17. The summed E-state index contributed by atoms with van der Waals surface area (Å²) in [5, 5.41) is 0. The summed E-state index contributed by atoms with van der Waals surface area (Å²) in [4.78, 5) is 38.5. The molecule has 0 saturated heterocycles. The fourth-order valence-electron chi connectivity index (χ4n) is 3.24. The molecule has 7 nitrogen and oxygen atoms in total. The van der Waals surface area contributed by atoms with E-state index in [9.17, 15) is 14.4 Å². The third kappa shape index (κ3) is 3.27. The Kier molecular flexibility index (Phi) is 4.67. The van der Waals surface area contributed by atoms with Crippen LogP contribution in [0.4, 0.5) is 0 Å². The third-order valence-electron chi connectivity index (χ3n) is 4.68. The molecule has 0 bridgehead atoms. The molecule has 2 atom stereocenters. The highest BCUT2D eigenvalue weighted by Gasteiger charge is 2.34. The molecule has 2 aromatic carbocycles. The molecule has 2 heterocycles. The molecule has 1 N–H and O–H groups in total. The lowest BCUT2D eigenvalue weighted by Crippen LogP contribution is -2.33. The van der Waals surface area contributed by atoms with Gasteiger partial charge in [0.25, 0.3) is 5.56 Å². The second-order valence-corrected chi connectivity index (χ2v) is 6.55. The van der Waals surface area contributed by atoms with E-state index in [2.05, 4.69) is 4.98 Å². The summed E-state index contributed by atoms with van der Waals surface area (Å²) < 4.78 is 12.8. The first-order valence-electron chi connectivity index (χ1n) is 8.83. The van der Waals surface area contributed by atoms with Gasteiger partial charge in [-0.3, -0.25) is 14.3 Å². The number of hydrogen-bond acceptors (Lipinski definition) is 5. The minimum Gasteiger partial charge on any atom is -0.459 e. The van der Waals surface area contributed by atoms with E-state index in [0.29, 0.717) is 11.1 Å². The summed E-state index contributed by atoms with van der Waals surface area (Å²) in [6.45, 7) is 1.63. The van der Waals surface area contributed by atoms with Crippen LogP contribution in [0.25, 0.3) is 0 Å². The van der Waals surface area contributed by atoms with Crippen molar-refractivity contribution in [3.8, 4) is 0 Å². The number of aryl methyl sites for hydroxylation is 1. The first-order valence-corrected chi connectivity index (χ1v) is 8.83. The van der Waals surface area contributed by atoms with Crippen LogP contribution in [-0.2, 0) is 9.47 Å². The van der Waals surface area contributed by atoms with E-state index >= 15 is 0 Å². The summed E-state index contributed by atoms with van der Waals surface area (Å²) in [7, 11) is 0. The van der Waals surface area contributed by atoms with E-state index < -0.39 is 29.6 Å². The maximum Gasteiger partial charge on any atom is 0.338 e. The van der Waals surface area contributed by atoms with Crippen molar-refractivity contribution in [2.45, 2.75) is 19.3 Å². The van der Waals surface area contributed by atoms with Crippen LogP contribution in [0.3, 0.4) is 0 Å². The molecule has 142 valence electrons. The highest BCUT2D eigenvalue weighted by Crippen LogP contribution is 2.39. The average Bonchev–Trinajstić information content (AvgIpc) is 3.08. The predicted octanol–water partition coefficient (Wildman–Crippen LogP) is 2.32. The summed E-state index contributed by atoms with van der Waals surface area (Å²) in [6, 6.07) is 16.1. The van der Waals surface area contributed by atoms with Crippen molar-refractivity contribution >= 4 is 5.97 Å². The van der Waals surface area contributed by atoms with Gasteiger partial charge in [-0.05, 0) is 24.6 Å². The van der Waals surface area contributed by atoms with Gasteiger partial charge >= 0.3 is 11.7 Å². The molecule has 1 aliphatic rings. The van der Waals surface area contributed by atoms with Crippen LogP contribution in [0.1, 0.15) is 39.4 Å². The van der Waals surface area contributed by atoms with Gasteiger partial charge in [0, 0.05) is 17.3 Å². The van der Waals surface area contributed by atoms with E-state index in [1.807, 2.05) is 30.3 Å². The Hall–Kier alpha value is -3.45. The number of carbonyl (C=O) groups excluding carboxylic acids is 1. The van der Waals surface area contributed by atoms with Crippen molar-refractivity contribution in [3.63, 3.8) is 0 Å². The molecule has 0 aliphatic carbocycles. The Bertz CT molecular complexity index is 1130. The number of aromatic amines is 1. The molecule has 1 aromatic heterocycles. The number of carbonyl (C=O) groups is 1. The highest BCUT2D eigenvalue weighted by atomic mass is 16.6. The molecule has 7 heteroatoms. The number of H-pyrrole nitrogens is 1. The number of benzene rings is 2. The molecule has 0 amide bonds. The zero-order valence-electron chi connectivity index (χ0n) is 15.1. The minimum atomic E-state index is -0.709. The van der Waals surface area contributed by atoms with Gasteiger partial charge in [0.05, 0.1) is 5.56 Å². The first-order chi connectivity index (χ1) is 13.5. The molecule has 3 aromatic rings. The van der Waals surface area contributed by atoms with Crippen LogP contribution in [0.5, 0.6) is 0 Å². The SMILES string of the molecule is Cc1cn([C@@H]2O[C@@H](COC(=O)c3ccccc3)c3ccccc32)c(=O)[nH]c1=O. The van der Waals surface area contributed by atoms with Crippen LogP contribution in [0, 0.1) is 6.92 Å². The van der Waals surface area contributed by atoms with Gasteiger partial charge in [0.1, 0.15) is 12.7 Å². The summed E-state index contributed by atoms with van der Waals surface area (Å²) in [5.41, 5.74) is 1.50. The number of hydrogen-bond donors (Lipinski definition) is 1. The summed E-state index contributed by atoms with van der Waals surface area (Å²) in [5.74, 6) is -0.442. The van der Waals surface area contributed by atoms with Crippen molar-refractivity contribution in [3.05, 3.63) is 104 Å². The topological polar surface area (TPSA) is 90.4 Å². The molecular formula is C21H18N2O5. The van der Waals surface area contributed by atoms with Gasteiger partial charge < -0.3 is 9.47 Å². The molecule has 0 saturated carbocycles. The van der Waals surface area contributed by atoms with Gasteiger partial charge in [-0.2, -0.15) is 0 Å². The summed E-state index contributed by atoms with van der Waals surface area (Å²) >= 11 is 0. The smallest absolute Gasteiger partial charge is 0.338 e. The van der Waals surface area contributed by atoms with Crippen molar-refractivity contribution in [1.29, 1.82) is 0 Å². The maximum absolute atomic E-state index is 12.3. The van der Waals surface area contributed by atoms with Crippen molar-refractivity contribution in [1.82, 2.24) is 9.55 Å². The number of esters is 1. The Morgan fingerprint density at radius 2 is 1.75 bits per heavy atom. The zero-order chi connectivity index (χ0) is 19.7. The predicted molar refractivity (Wildman–Crippen MR) is 101 cm³/mol. The van der Waals surface area contributed by atoms with E-state index in [1.165, 1.54) is 10.8 Å². The quantitative estimate of drug-likeness (QED) is 0.704. The van der Waals surface area contributed by atoms with Crippen LogP contribution in [0.15, 0.2) is 70.4 Å². The van der Waals surface area contributed by atoms with Gasteiger partial charge in [0.2, 0.25) is 0 Å². The monoisotopic (exact) mass is 378 g/mol. The zero-order valence-corrected chi connectivity index (χ0v) is 15.1. The Labute approximate surface area is 160 Å². The molecule has 0 radical (unpaired) electrons. The number of nitrogens with one attached hydrogen (secondary N) is 1. The van der Waals surface area contributed by atoms with Gasteiger partial charge in [-0.25, -0.2) is 9.59 Å². The van der Waals surface area contributed by atoms with Crippen molar-refractivity contribution < 1.29 is 14.3 Å². The van der Waals surface area contributed by atoms with Gasteiger partial charge in [-0.1, -0.05) is 42.5 Å². The maximum atomic E-state index is 12.3. The number of ether oxygens (including phenoxy) is 2. The van der Waals surface area contributed by atoms with Crippen LogP contribution in [-0.4, -0.2) is 22.1 Å². The molecule has 0 fully saturated rings. The minimum absolute atomic E-state index is 0.0122. The second-order valence-electron chi connectivity index (χ2n) is 6.55. The standard InChI is InChI=1S/C21H18N2O5/c1-13-11-23(21(26)22-18(13)24)19-16-10-6-5-9-15(16)17(28-19)12-27-20(25)14-7-3-2-4-8-14/h2-11,17,19H,12H2,1H3,(H,22,24,26)/t17-,19+/m0/s1. The highest BCUT2D eigenvalue weighted by molar-refractivity contribution is 5.89. The second kappa shape index (κ2) is 7.28. The van der Waals surface area contributed by atoms with E-state index in [-0.39, 0.29) is 6.61 Å². The first kappa shape index (κ1) is 17.9. The van der Waals surface area contributed by atoms with Crippen LogP contribution < -0.4 is 11.2 Å². The van der Waals surface area contributed by atoms with E-state index in [0.717, 1.165) is 11.1 Å². The molecule has 0 unspecified atom stereocenters. The normalized spacial score (nSPS) is 17.9. The van der Waals surface area contributed by atoms with Crippen molar-refractivity contribution in [2.24, 2.45) is 0 Å². The largest absolute Gasteiger partial charge is 0.459 e. The van der Waals surface area contributed by atoms with Gasteiger partial charge in [-0.15, -0.1) is 0 Å². The Morgan fingerprint density at radius 3 is 2.50 bits per heavy atom. The molecule has 0 spiro atoms. The number of nitrogens with zero attached hydrogens (tertiary/aromatic N) is 1. The van der Waals surface area contributed by atoms with Crippen molar-refractivity contribution in [2.75, 3.05) is 6.61 Å². The lowest BCUT2D eigenvalue weighted by molar-refractivity contribution is -0.0428. The summed E-state index contributed by atoms with van der Waals surface area (Å²) in [6.07, 6.45) is 0.244. The third-order valence-corrected chi connectivity index (χ3v) is 4.68. The fraction of sp³-hybridized carbons (Fsp3) is 0.190. The number of fused-ring (bicyclic) bond motifs is 1. The molecule has 28 heavy (non-hydrogen) atoms. The van der Waals surface area contributed by atoms with E-state index in [4.69, 9.17) is 9.47 Å². The Morgan fingerprint density at radius 1 is 1.07 bits per heavy atom. The fourth-order valence-corrected chi connectivity index (χ4v) is 3.24. The van der Waals surface area contributed by atoms with E-state index in [1.54, 1.807) is 31.2 Å². The number of aromatic nitrogens is 2.